The minimum absolute atomic E-state index is 0. The number of hydrogen-bond acceptors (Lipinski definition) is 20. The maximum atomic E-state index is 14.7. The first-order valence-corrected chi connectivity index (χ1v) is 36.7. The van der Waals surface area contributed by atoms with Gasteiger partial charge in [0, 0.05) is 68.7 Å². The number of esters is 4. The number of hydrogen-bond donors (Lipinski definition) is 1. The summed E-state index contributed by atoms with van der Waals surface area (Å²) >= 11 is 0. The average molecular weight is 1440 g/mol. The maximum absolute atomic E-state index is 14.7. The smallest absolute Gasteiger partial charge is 1.00 e. The molecule has 2 saturated carbocycles. The van der Waals surface area contributed by atoms with Crippen molar-refractivity contribution in [3.63, 3.8) is 0 Å². The number of nitrogens with zero attached hydrogens (tertiary/aromatic N) is 4. The van der Waals surface area contributed by atoms with E-state index in [9.17, 15) is 48.3 Å². The van der Waals surface area contributed by atoms with Gasteiger partial charge >= 0.3 is 53.4 Å². The van der Waals surface area contributed by atoms with Gasteiger partial charge < -0.3 is 54.2 Å². The number of carbonyl (C=O) groups is 9. The van der Waals surface area contributed by atoms with E-state index >= 15 is 0 Å². The SMILES string of the molecule is CCOC(=O)[C@]12CC(=O)[C@@H]3C[C@]4(CC(=O)c5c(c(C)nc6ccc(OC)cc56)O4)CN3C(=O)[C@@H](CC(=O)OC(C)(C)C)CCCCC/C=C\[C@@H]1C2.CCOC(=O)[C@]12CC(=O)[C@@H]3C[C@]4(CC(O)c5c(c(C)nc6ccc(OC)cc56)O4)CN3C(=O)[C@@H](CC(=O)OC(C)(C)C)CCCCC/C=C\[C@@H]1C2.[B].[H-].[Na+]. The number of rotatable bonds is 10. The van der Waals surface area contributed by atoms with Crippen molar-refractivity contribution in [3.05, 3.63) is 83.2 Å². The van der Waals surface area contributed by atoms with E-state index in [1.807, 2.05) is 37.3 Å². The summed E-state index contributed by atoms with van der Waals surface area (Å²) in [7, 11) is 3.13. The van der Waals surface area contributed by atoms with Crippen LogP contribution >= 0.6 is 0 Å². The Hall–Kier alpha value is -7.21. The van der Waals surface area contributed by atoms with E-state index in [1.165, 1.54) is 4.90 Å². The largest absolute Gasteiger partial charge is 1.00 e. The van der Waals surface area contributed by atoms with E-state index in [2.05, 4.69) is 12.2 Å². The summed E-state index contributed by atoms with van der Waals surface area (Å²) in [4.78, 5) is 138. The average Bonchev–Trinajstić information content (AvgIpc) is 1.70. The van der Waals surface area contributed by atoms with Crippen LogP contribution in [0.25, 0.3) is 21.8 Å². The molecule has 3 radical (unpaired) electrons. The Kier molecular flexibility index (Phi) is 25.3. The van der Waals surface area contributed by atoms with Gasteiger partial charge in [-0.05, 0) is 169 Å². The third kappa shape index (κ3) is 17.4. The number of Topliss-reactive ketones (excluding diaryl/α,β-unsaturated/α-hetero) is 3. The molecule has 104 heavy (non-hydrogen) atoms. The molecule has 22 nitrogen and oxygen atoms in total. The number of aliphatic hydroxyl groups is 1. The molecule has 4 fully saturated rings. The number of fused-ring (bicyclic) bond motifs is 10. The second kappa shape index (κ2) is 32.5. The molecule has 2 amide bonds. The molecule has 12 rings (SSSR count). The van der Waals surface area contributed by atoms with E-state index in [4.69, 9.17) is 47.9 Å². The Morgan fingerprint density at radius 1 is 0.596 bits per heavy atom. The number of aryl methyl sites for hydroxylation is 2. The summed E-state index contributed by atoms with van der Waals surface area (Å²) in [6, 6.07) is 8.93. The Labute approximate surface area is 635 Å². The molecule has 2 saturated heterocycles. The minimum atomic E-state index is -1.21. The van der Waals surface area contributed by atoms with Crippen molar-refractivity contribution in [3.8, 4) is 23.0 Å². The third-order valence-electron chi connectivity index (χ3n) is 21.6. The molecule has 4 aromatic rings. The molecule has 0 bridgehead atoms. The molecule has 2 aromatic carbocycles. The van der Waals surface area contributed by atoms with Gasteiger partial charge in [-0.25, -0.2) is 9.97 Å². The number of amides is 2. The molecule has 24 heteroatoms. The fraction of sp³-hybridized carbons (Fsp3) is 0.613. The molecule has 1 unspecified atom stereocenters. The summed E-state index contributed by atoms with van der Waals surface area (Å²) in [5.41, 5.74) is -2.32. The van der Waals surface area contributed by atoms with E-state index in [0.29, 0.717) is 99.4 Å². The van der Waals surface area contributed by atoms with E-state index in [1.54, 1.807) is 99.6 Å². The monoisotopic (exact) mass is 1440 g/mol. The molecule has 2 aliphatic carbocycles. The molecule has 2 aromatic heterocycles. The van der Waals surface area contributed by atoms with Crippen LogP contribution in [0.4, 0.5) is 0 Å². The predicted octanol–water partition coefficient (Wildman–Crippen LogP) is 9.09. The Bertz CT molecular complexity index is 4040. The number of benzene rings is 2. The van der Waals surface area contributed by atoms with E-state index in [-0.39, 0.29) is 158 Å². The fourth-order valence-corrected chi connectivity index (χ4v) is 16.6. The van der Waals surface area contributed by atoms with Crippen LogP contribution in [0, 0.1) is 48.3 Å². The zero-order valence-corrected chi connectivity index (χ0v) is 65.0. The number of aliphatic hydroxyl groups excluding tert-OH is 1. The topological polar surface area (TPSA) is 280 Å². The molecular weight excluding hydrogens is 1340 g/mol. The summed E-state index contributed by atoms with van der Waals surface area (Å²) in [5.74, 6) is -2.88. The van der Waals surface area contributed by atoms with Crippen molar-refractivity contribution in [2.75, 3.05) is 40.5 Å². The molecule has 11 atom stereocenters. The van der Waals surface area contributed by atoms with Gasteiger partial charge in [0.25, 0.3) is 0 Å². The molecule has 1 N–H and O–H groups in total. The summed E-state index contributed by atoms with van der Waals surface area (Å²) < 4.78 is 46.7. The van der Waals surface area contributed by atoms with Crippen LogP contribution in [-0.4, -0.2) is 161 Å². The van der Waals surface area contributed by atoms with Crippen LogP contribution in [0.15, 0.2) is 60.7 Å². The number of aromatic nitrogens is 2. The van der Waals surface area contributed by atoms with Gasteiger partial charge in [0.15, 0.2) is 23.1 Å². The van der Waals surface area contributed by atoms with Gasteiger partial charge in [-0.1, -0.05) is 50.0 Å². The zero-order chi connectivity index (χ0) is 73.4. The van der Waals surface area contributed by atoms with E-state index in [0.717, 1.165) is 44.9 Å². The number of allylic oxidation sites excluding steroid dienone is 4. The van der Waals surface area contributed by atoms with Crippen molar-refractivity contribution in [1.82, 2.24) is 19.8 Å². The van der Waals surface area contributed by atoms with Gasteiger partial charge in [0.2, 0.25) is 11.8 Å². The minimum Gasteiger partial charge on any atom is -1.00 e. The van der Waals surface area contributed by atoms with Crippen molar-refractivity contribution in [2.24, 2.45) is 34.5 Å². The molecule has 555 valence electrons. The quantitative estimate of drug-likeness (QED) is 0.0670. The number of carbonyl (C=O) groups excluding carboxylic acids is 9. The Balaban J connectivity index is 0.000000258. The fourth-order valence-electron chi connectivity index (χ4n) is 16.6. The summed E-state index contributed by atoms with van der Waals surface area (Å²) in [6.45, 7) is 18.2. The number of ketones is 3. The number of methoxy groups -OCH3 is 2. The summed E-state index contributed by atoms with van der Waals surface area (Å²) in [5, 5.41) is 13.2. The van der Waals surface area contributed by atoms with Crippen molar-refractivity contribution < 1.29 is 117 Å². The van der Waals surface area contributed by atoms with Crippen molar-refractivity contribution in [2.45, 2.75) is 238 Å². The van der Waals surface area contributed by atoms with Crippen LogP contribution < -0.4 is 48.5 Å². The second-order valence-corrected chi connectivity index (χ2v) is 31.6. The van der Waals surface area contributed by atoms with Crippen LogP contribution in [0.5, 0.6) is 23.0 Å². The molecule has 8 heterocycles. The molecule has 2 spiro atoms. The maximum Gasteiger partial charge on any atom is 1.00 e. The number of ether oxygens (including phenoxy) is 8. The van der Waals surface area contributed by atoms with Crippen LogP contribution in [0.3, 0.4) is 0 Å². The first-order valence-electron chi connectivity index (χ1n) is 36.7. The van der Waals surface area contributed by atoms with Gasteiger partial charge in [-0.3, -0.25) is 43.2 Å². The number of pyridine rings is 2. The van der Waals surface area contributed by atoms with Crippen molar-refractivity contribution >= 4 is 83.3 Å². The third-order valence-corrected chi connectivity index (χ3v) is 21.6. The molecule has 6 aliphatic heterocycles. The Morgan fingerprint density at radius 2 is 1.04 bits per heavy atom. The zero-order valence-electron chi connectivity index (χ0n) is 64.0. The van der Waals surface area contributed by atoms with Crippen molar-refractivity contribution in [1.29, 1.82) is 0 Å². The van der Waals surface area contributed by atoms with Gasteiger partial charge in [-0.2, -0.15) is 0 Å². The van der Waals surface area contributed by atoms with Crippen LogP contribution in [-0.2, 0) is 57.3 Å². The van der Waals surface area contributed by atoms with Gasteiger partial charge in [-0.15, -0.1) is 0 Å². The normalized spacial score (nSPS) is 29.0. The summed E-state index contributed by atoms with van der Waals surface area (Å²) in [6.07, 6.45) is 15.6. The van der Waals surface area contributed by atoms with Crippen LogP contribution in [0.2, 0.25) is 0 Å². The second-order valence-electron chi connectivity index (χ2n) is 31.6. The molecular formula is C80H103BN4NaO18. The van der Waals surface area contributed by atoms with Crippen LogP contribution in [0.1, 0.15) is 219 Å². The van der Waals surface area contributed by atoms with Gasteiger partial charge in [0.1, 0.15) is 39.7 Å². The first kappa shape index (κ1) is 80.9. The standard InChI is InChI=1S/C40H52N2O9.C40H50N2O9.B.Na.H/c2*1-7-49-37(47)40-19-26(40)14-12-10-8-9-11-13-25(17-33(45)50-38(3,4)5)36(46)42-23-39(20-30(42)31(43)22-40)21-32(44)34-28-18-27(48-6)15-16-29(28)41-24(2)35(34)51-39;;;/h12,14-16,18,25-26,30,32,44H,7-11,13,17,19-23H2,1-6H3;12,14-16,18,25-26,30H,7-11,13,17,19-23H2,1-6H3;;;/q;;;+1;-1/b2*14-12-;;;/t25-,26-,30+,32?,39+,40-;25-,26-,30+,39+,40-;;;/m11.../s1. The van der Waals surface area contributed by atoms with E-state index < -0.39 is 87.1 Å². The first-order chi connectivity index (χ1) is 48.4. The Morgan fingerprint density at radius 3 is 1.51 bits per heavy atom. The predicted molar refractivity (Wildman–Crippen MR) is 384 cm³/mol. The molecule has 8 aliphatic rings. The van der Waals surface area contributed by atoms with Gasteiger partial charge in [0.05, 0.1) is 117 Å².